The van der Waals surface area contributed by atoms with Crippen molar-refractivity contribution >= 4 is 0 Å². The van der Waals surface area contributed by atoms with Crippen molar-refractivity contribution in [2.24, 2.45) is 0 Å². The Morgan fingerprint density at radius 2 is 0.364 bits per heavy atom. The van der Waals surface area contributed by atoms with Gasteiger partial charge in [0.25, 0.3) is 0 Å². The minimum absolute atomic E-state index is 0. The largest absolute Gasteiger partial charge is 2.00 e. The summed E-state index contributed by atoms with van der Waals surface area (Å²) in [6, 6.07) is 0. The van der Waals surface area contributed by atoms with Gasteiger partial charge in [-0.2, -0.15) is 0 Å². The SMILES string of the molecule is O.O.O.O.[Cr].[Cr].[Cu+2].[OH-].[OH-].[OH-].[OH-]. The third kappa shape index (κ3) is 605. The van der Waals surface area contributed by atoms with Crippen molar-refractivity contribution in [1.29, 1.82) is 0 Å². The van der Waals surface area contributed by atoms with Crippen LogP contribution in [0, 0.1) is 0 Å². The second-order valence-corrected chi connectivity index (χ2v) is 0. The van der Waals surface area contributed by atoms with E-state index in [2.05, 4.69) is 0 Å². The van der Waals surface area contributed by atoms with Crippen LogP contribution in [0.1, 0.15) is 0 Å². The molecule has 11 heavy (non-hydrogen) atoms. The number of rotatable bonds is 0. The van der Waals surface area contributed by atoms with E-state index in [4.69, 9.17) is 0 Å². The van der Waals surface area contributed by atoms with Crippen LogP contribution in [0.4, 0.5) is 0 Å². The fourth-order valence-corrected chi connectivity index (χ4v) is 0. The van der Waals surface area contributed by atoms with Crippen molar-refractivity contribution in [1.82, 2.24) is 0 Å². The zero-order chi connectivity index (χ0) is 0. The van der Waals surface area contributed by atoms with Crippen LogP contribution in [0.15, 0.2) is 0 Å². The van der Waals surface area contributed by atoms with Crippen LogP contribution in [0.25, 0.3) is 0 Å². The molecule has 0 aromatic carbocycles. The fraction of sp³-hybridized carbons (Fsp3) is 0. The van der Waals surface area contributed by atoms with Crippen molar-refractivity contribution in [3.63, 3.8) is 0 Å². The van der Waals surface area contributed by atoms with Gasteiger partial charge in [0.2, 0.25) is 0 Å². The van der Waals surface area contributed by atoms with Gasteiger partial charge in [-0.05, 0) is 0 Å². The van der Waals surface area contributed by atoms with Gasteiger partial charge in [0.05, 0.1) is 0 Å². The zero-order valence-electron chi connectivity index (χ0n) is 4.91. The van der Waals surface area contributed by atoms with Gasteiger partial charge in [0.1, 0.15) is 0 Å². The van der Waals surface area contributed by atoms with Crippen LogP contribution in [-0.2, 0) is 51.8 Å². The summed E-state index contributed by atoms with van der Waals surface area (Å²) in [6.45, 7) is 0. The first-order valence-corrected chi connectivity index (χ1v) is 0. The van der Waals surface area contributed by atoms with Gasteiger partial charge in [-0.25, -0.2) is 0 Å². The predicted octanol–water partition coefficient (Wildman–Crippen LogP) is -4.01. The van der Waals surface area contributed by atoms with Crippen molar-refractivity contribution in [2.75, 3.05) is 0 Å². The Balaban J connectivity index is 0. The minimum Gasteiger partial charge on any atom is -0.870 e. The van der Waals surface area contributed by atoms with Crippen LogP contribution >= 0.6 is 0 Å². The van der Waals surface area contributed by atoms with Gasteiger partial charge < -0.3 is 43.8 Å². The minimum atomic E-state index is 0. The molecule has 0 atom stereocenters. The molecule has 0 aromatic rings. The number of hydrogen-bond acceptors (Lipinski definition) is 4. The molecule has 0 amide bonds. The molecule has 0 unspecified atom stereocenters. The Hall–Kier alpha value is 1.26. The van der Waals surface area contributed by atoms with Gasteiger partial charge in [-0.3, -0.25) is 0 Å². The van der Waals surface area contributed by atoms with Crippen molar-refractivity contribution < 1.29 is 95.6 Å². The summed E-state index contributed by atoms with van der Waals surface area (Å²) in [5, 5.41) is 0. The first-order valence-electron chi connectivity index (χ1n) is 0. The van der Waals surface area contributed by atoms with Crippen LogP contribution in [0.5, 0.6) is 0 Å². The third-order valence-corrected chi connectivity index (χ3v) is 0. The fourth-order valence-electron chi connectivity index (χ4n) is 0. The molecule has 0 aliphatic carbocycles. The third-order valence-electron chi connectivity index (χ3n) is 0. The van der Waals surface area contributed by atoms with Gasteiger partial charge in [-0.15, -0.1) is 0 Å². The molecule has 8 nitrogen and oxygen atoms in total. The summed E-state index contributed by atoms with van der Waals surface area (Å²) in [5.74, 6) is 0. The van der Waals surface area contributed by atoms with Crippen molar-refractivity contribution in [3.8, 4) is 0 Å². The van der Waals surface area contributed by atoms with Gasteiger partial charge in [0, 0.05) is 34.7 Å². The molecule has 12 N–H and O–H groups in total. The van der Waals surface area contributed by atoms with E-state index in [9.17, 15) is 0 Å². The second kappa shape index (κ2) is 742. The Morgan fingerprint density at radius 3 is 0.364 bits per heavy atom. The topological polar surface area (TPSA) is 246 Å². The Kier molecular flexibility index (Phi) is 65700. The van der Waals surface area contributed by atoms with E-state index in [0.717, 1.165) is 0 Å². The summed E-state index contributed by atoms with van der Waals surface area (Å²) in [4.78, 5) is 0. The van der Waals surface area contributed by atoms with E-state index in [-0.39, 0.29) is 95.6 Å². The smallest absolute Gasteiger partial charge is 0.870 e. The first kappa shape index (κ1) is 973. The summed E-state index contributed by atoms with van der Waals surface area (Å²) in [5.41, 5.74) is 0. The molecular formula is H12Cr2CuO8-2. The average Bonchev–Trinajstić information content (AvgIpc) is 0. The van der Waals surface area contributed by atoms with Crippen LogP contribution < -0.4 is 0 Å². The Bertz CT molecular complexity index is 12.1. The molecule has 0 heterocycles. The zero-order valence-corrected chi connectivity index (χ0v) is 8.40. The summed E-state index contributed by atoms with van der Waals surface area (Å²) < 4.78 is 0. The van der Waals surface area contributed by atoms with Crippen LogP contribution in [0.2, 0.25) is 0 Å². The quantitative estimate of drug-likeness (QED) is 0.405. The summed E-state index contributed by atoms with van der Waals surface area (Å²) >= 11 is 0. The van der Waals surface area contributed by atoms with E-state index in [0.29, 0.717) is 0 Å². The maximum Gasteiger partial charge on any atom is 2.00 e. The molecule has 0 bridgehead atoms. The maximum atomic E-state index is 0. The molecule has 0 fully saturated rings. The van der Waals surface area contributed by atoms with E-state index >= 15 is 0 Å². The van der Waals surface area contributed by atoms with Gasteiger partial charge in [-0.1, -0.05) is 0 Å². The second-order valence-electron chi connectivity index (χ2n) is 0. The Morgan fingerprint density at radius 1 is 0.364 bits per heavy atom. The molecule has 0 spiro atoms. The van der Waals surface area contributed by atoms with E-state index in [1.54, 1.807) is 0 Å². The molecule has 0 aliphatic rings. The number of hydrogen-bond donors (Lipinski definition) is 0. The maximum absolute atomic E-state index is 0. The molecule has 0 aliphatic heterocycles. The van der Waals surface area contributed by atoms with Gasteiger partial charge >= 0.3 is 17.1 Å². The normalized spacial score (nSPS) is 0. The molecule has 0 saturated carbocycles. The molecule has 1 radical (unpaired) electrons. The standard InChI is InChI=1S/2Cr.Cu.8H2O/h;;;8*1H2/q;;+2;;;;;;;;/p-4. The monoisotopic (exact) mass is 307 g/mol. The van der Waals surface area contributed by atoms with E-state index < -0.39 is 0 Å². The first-order chi connectivity index (χ1) is 0. The van der Waals surface area contributed by atoms with Crippen LogP contribution in [-0.4, -0.2) is 43.8 Å². The molecular weight excluding hydrogens is 296 g/mol. The van der Waals surface area contributed by atoms with Gasteiger partial charge in [0.15, 0.2) is 0 Å². The molecule has 0 saturated heterocycles. The summed E-state index contributed by atoms with van der Waals surface area (Å²) in [6.07, 6.45) is 0. The molecule has 0 rings (SSSR count). The molecule has 0 aromatic heterocycles. The van der Waals surface area contributed by atoms with Crippen molar-refractivity contribution in [3.05, 3.63) is 0 Å². The van der Waals surface area contributed by atoms with Crippen molar-refractivity contribution in [2.45, 2.75) is 0 Å². The summed E-state index contributed by atoms with van der Waals surface area (Å²) in [7, 11) is 0. The molecule has 11 heteroatoms. The average molecular weight is 308 g/mol. The molecule has 85 valence electrons. The van der Waals surface area contributed by atoms with E-state index in [1.807, 2.05) is 0 Å². The Labute approximate surface area is 95.6 Å². The predicted molar refractivity (Wildman–Crippen MR) is 22.2 cm³/mol. The van der Waals surface area contributed by atoms with E-state index in [1.165, 1.54) is 0 Å². The van der Waals surface area contributed by atoms with Crippen LogP contribution in [0.3, 0.4) is 0 Å².